The van der Waals surface area contributed by atoms with E-state index in [1.807, 2.05) is 0 Å². The van der Waals surface area contributed by atoms with E-state index in [0.29, 0.717) is 11.9 Å². The van der Waals surface area contributed by atoms with E-state index >= 15 is 0 Å². The van der Waals surface area contributed by atoms with Crippen molar-refractivity contribution in [3.63, 3.8) is 0 Å². The van der Waals surface area contributed by atoms with Gasteiger partial charge in [0, 0.05) is 38.2 Å². The van der Waals surface area contributed by atoms with Crippen molar-refractivity contribution >= 4 is 5.96 Å². The van der Waals surface area contributed by atoms with E-state index < -0.39 is 11.6 Å². The maximum atomic E-state index is 13.7. The number of guanidine groups is 1. The molecule has 128 valence electrons. The van der Waals surface area contributed by atoms with Crippen LogP contribution in [-0.4, -0.2) is 46.2 Å². The first-order valence-electron chi connectivity index (χ1n) is 7.92. The van der Waals surface area contributed by atoms with Crippen molar-refractivity contribution < 1.29 is 8.78 Å². The van der Waals surface area contributed by atoms with Crippen molar-refractivity contribution in [1.29, 1.82) is 0 Å². The van der Waals surface area contributed by atoms with Gasteiger partial charge >= 0.3 is 0 Å². The second-order valence-electron chi connectivity index (χ2n) is 5.77. The van der Waals surface area contributed by atoms with Crippen molar-refractivity contribution in [3.05, 3.63) is 47.5 Å². The lowest BCUT2D eigenvalue weighted by Gasteiger charge is -2.33. The standard InChI is InChI=1S/C16H20F2N6/c1-19-16(20-9-12-8-13(17)2-3-14(12)18)24-6-4-11(5-7-24)15-21-10-22-23-15/h2-3,8,10-11H,4-7,9H2,1H3,(H,19,20)(H,21,22,23). The summed E-state index contributed by atoms with van der Waals surface area (Å²) in [6.45, 7) is 1.83. The molecule has 1 aromatic heterocycles. The van der Waals surface area contributed by atoms with Crippen molar-refractivity contribution in [1.82, 2.24) is 25.4 Å². The van der Waals surface area contributed by atoms with Gasteiger partial charge in [0.05, 0.1) is 0 Å². The van der Waals surface area contributed by atoms with Crippen LogP contribution in [0.25, 0.3) is 0 Å². The van der Waals surface area contributed by atoms with E-state index in [-0.39, 0.29) is 12.1 Å². The summed E-state index contributed by atoms with van der Waals surface area (Å²) in [5.41, 5.74) is 0.285. The maximum absolute atomic E-state index is 13.7. The number of aliphatic imine (C=N–C) groups is 1. The zero-order valence-electron chi connectivity index (χ0n) is 13.5. The molecule has 6 nitrogen and oxygen atoms in total. The molecule has 1 aliphatic heterocycles. The fraction of sp³-hybridized carbons (Fsp3) is 0.438. The van der Waals surface area contributed by atoms with Gasteiger partial charge in [0.1, 0.15) is 23.8 Å². The molecular weight excluding hydrogens is 314 g/mol. The van der Waals surface area contributed by atoms with Gasteiger partial charge < -0.3 is 10.2 Å². The van der Waals surface area contributed by atoms with Crippen LogP contribution in [0.1, 0.15) is 30.1 Å². The number of hydrogen-bond acceptors (Lipinski definition) is 3. The number of rotatable bonds is 3. The van der Waals surface area contributed by atoms with Crippen LogP contribution in [0, 0.1) is 11.6 Å². The van der Waals surface area contributed by atoms with Crippen molar-refractivity contribution in [2.24, 2.45) is 4.99 Å². The first-order valence-corrected chi connectivity index (χ1v) is 7.92. The number of hydrogen-bond donors (Lipinski definition) is 2. The van der Waals surface area contributed by atoms with E-state index in [0.717, 1.165) is 43.9 Å². The zero-order valence-corrected chi connectivity index (χ0v) is 13.5. The SMILES string of the molecule is CN=C(NCc1cc(F)ccc1F)N1CCC(c2ncn[nH]2)CC1. The van der Waals surface area contributed by atoms with Gasteiger partial charge in [0.2, 0.25) is 0 Å². The first kappa shape index (κ1) is 16.4. The Balaban J connectivity index is 1.56. The van der Waals surface area contributed by atoms with Gasteiger partial charge in [-0.05, 0) is 31.0 Å². The van der Waals surface area contributed by atoms with Crippen molar-refractivity contribution in [3.8, 4) is 0 Å². The molecule has 1 saturated heterocycles. The van der Waals surface area contributed by atoms with Crippen LogP contribution in [0.3, 0.4) is 0 Å². The van der Waals surface area contributed by atoms with Crippen molar-refractivity contribution in [2.45, 2.75) is 25.3 Å². The third-order valence-corrected chi connectivity index (χ3v) is 4.27. The fourth-order valence-electron chi connectivity index (χ4n) is 2.96. The van der Waals surface area contributed by atoms with Gasteiger partial charge in [-0.25, -0.2) is 13.8 Å². The molecule has 0 radical (unpaired) electrons. The lowest BCUT2D eigenvalue weighted by molar-refractivity contribution is 0.298. The highest BCUT2D eigenvalue weighted by Crippen LogP contribution is 2.24. The minimum absolute atomic E-state index is 0.193. The molecule has 8 heteroatoms. The lowest BCUT2D eigenvalue weighted by atomic mass is 9.96. The second-order valence-corrected chi connectivity index (χ2v) is 5.77. The monoisotopic (exact) mass is 334 g/mol. The smallest absolute Gasteiger partial charge is 0.193 e. The molecular formula is C16H20F2N6. The molecule has 24 heavy (non-hydrogen) atoms. The number of H-pyrrole nitrogens is 1. The summed E-state index contributed by atoms with van der Waals surface area (Å²) in [5.74, 6) is 1.09. The molecule has 1 fully saturated rings. The third kappa shape index (κ3) is 3.69. The Kier molecular flexibility index (Phi) is 5.02. The van der Waals surface area contributed by atoms with E-state index in [1.54, 1.807) is 7.05 Å². The van der Waals surface area contributed by atoms with E-state index in [1.165, 1.54) is 12.4 Å². The van der Waals surface area contributed by atoms with E-state index in [4.69, 9.17) is 0 Å². The normalized spacial score (nSPS) is 16.5. The molecule has 1 aromatic carbocycles. The molecule has 0 atom stereocenters. The molecule has 0 amide bonds. The second kappa shape index (κ2) is 7.37. The van der Waals surface area contributed by atoms with Crippen molar-refractivity contribution in [2.75, 3.05) is 20.1 Å². The van der Waals surface area contributed by atoms with E-state index in [9.17, 15) is 8.78 Å². The Morgan fingerprint density at radius 3 is 2.83 bits per heavy atom. The maximum Gasteiger partial charge on any atom is 0.193 e. The number of aromatic amines is 1. The van der Waals surface area contributed by atoms with Crippen LogP contribution in [0.4, 0.5) is 8.78 Å². The first-order chi connectivity index (χ1) is 11.7. The quantitative estimate of drug-likeness (QED) is 0.666. The van der Waals surface area contributed by atoms with Crippen LogP contribution < -0.4 is 5.32 Å². The summed E-state index contributed by atoms with van der Waals surface area (Å²) in [6, 6.07) is 3.45. The topological polar surface area (TPSA) is 69.2 Å². The number of nitrogens with one attached hydrogen (secondary N) is 2. The Bertz CT molecular complexity index is 693. The van der Waals surface area contributed by atoms with Gasteiger partial charge in [-0.2, -0.15) is 5.10 Å². The largest absolute Gasteiger partial charge is 0.352 e. The Morgan fingerprint density at radius 2 is 2.17 bits per heavy atom. The number of nitrogens with zero attached hydrogens (tertiary/aromatic N) is 4. The summed E-state index contributed by atoms with van der Waals surface area (Å²) in [4.78, 5) is 10.6. The Labute approximate surface area is 139 Å². The zero-order chi connectivity index (χ0) is 16.9. The summed E-state index contributed by atoms with van der Waals surface area (Å²) in [5, 5.41) is 9.92. The molecule has 3 rings (SSSR count). The number of piperidine rings is 1. The van der Waals surface area contributed by atoms with Gasteiger partial charge in [-0.1, -0.05) is 0 Å². The van der Waals surface area contributed by atoms with Crippen LogP contribution >= 0.6 is 0 Å². The van der Waals surface area contributed by atoms with E-state index in [2.05, 4.69) is 30.4 Å². The van der Waals surface area contributed by atoms with Crippen LogP contribution in [0.15, 0.2) is 29.5 Å². The van der Waals surface area contributed by atoms with Gasteiger partial charge in [0.15, 0.2) is 5.96 Å². The fourth-order valence-corrected chi connectivity index (χ4v) is 2.96. The predicted molar refractivity (Wildman–Crippen MR) is 86.5 cm³/mol. The van der Waals surface area contributed by atoms with Gasteiger partial charge in [-0.15, -0.1) is 0 Å². The van der Waals surface area contributed by atoms with Crippen LogP contribution in [0.5, 0.6) is 0 Å². The Hall–Kier alpha value is -2.51. The highest BCUT2D eigenvalue weighted by molar-refractivity contribution is 5.80. The molecule has 0 spiro atoms. The Morgan fingerprint density at radius 1 is 1.38 bits per heavy atom. The average Bonchev–Trinajstić information content (AvgIpc) is 3.13. The molecule has 0 bridgehead atoms. The summed E-state index contributed by atoms with van der Waals surface area (Å²) >= 11 is 0. The van der Waals surface area contributed by atoms with Gasteiger partial charge in [-0.3, -0.25) is 10.1 Å². The van der Waals surface area contributed by atoms with Crippen LogP contribution in [-0.2, 0) is 6.54 Å². The summed E-state index contributed by atoms with van der Waals surface area (Å²) in [6.07, 6.45) is 3.39. The molecule has 0 aliphatic carbocycles. The van der Waals surface area contributed by atoms with Crippen LogP contribution in [0.2, 0.25) is 0 Å². The number of benzene rings is 1. The predicted octanol–water partition coefficient (Wildman–Crippen LogP) is 2.04. The third-order valence-electron chi connectivity index (χ3n) is 4.27. The molecule has 2 aromatic rings. The summed E-state index contributed by atoms with van der Waals surface area (Å²) < 4.78 is 26.9. The number of aromatic nitrogens is 3. The number of halogens is 2. The molecule has 0 saturated carbocycles. The highest BCUT2D eigenvalue weighted by Gasteiger charge is 2.24. The molecule has 2 heterocycles. The molecule has 0 unspecified atom stereocenters. The summed E-state index contributed by atoms with van der Waals surface area (Å²) in [7, 11) is 1.69. The highest BCUT2D eigenvalue weighted by atomic mass is 19.1. The molecule has 2 N–H and O–H groups in total. The van der Waals surface area contributed by atoms with Gasteiger partial charge in [0.25, 0.3) is 0 Å². The molecule has 1 aliphatic rings. The lowest BCUT2D eigenvalue weighted by Crippen LogP contribution is -2.45. The minimum atomic E-state index is -0.448. The minimum Gasteiger partial charge on any atom is -0.352 e. The number of likely N-dealkylation sites (tertiary alicyclic amines) is 1. The average molecular weight is 334 g/mol.